The number of alkyl halides is 2. The second-order valence-electron chi connectivity index (χ2n) is 8.45. The number of carbonyl (C=O) groups excluding carboxylic acids is 1. The highest BCUT2D eigenvalue weighted by molar-refractivity contribution is 5.87. The van der Waals surface area contributed by atoms with Gasteiger partial charge in [0.15, 0.2) is 0 Å². The van der Waals surface area contributed by atoms with Crippen LogP contribution in [-0.4, -0.2) is 51.6 Å². The average Bonchev–Trinajstić information content (AvgIpc) is 3.04. The number of hydrogen-bond donors (Lipinski definition) is 2. The second-order valence-corrected chi connectivity index (χ2v) is 8.45. The number of carboxylic acid groups (broad SMARTS) is 1. The van der Waals surface area contributed by atoms with Crippen LogP contribution in [-0.2, 0) is 11.2 Å². The minimum Gasteiger partial charge on any atom is -0.478 e. The van der Waals surface area contributed by atoms with Gasteiger partial charge in [-0.25, -0.2) is 4.79 Å². The van der Waals surface area contributed by atoms with E-state index < -0.39 is 36.4 Å². The van der Waals surface area contributed by atoms with Crippen molar-refractivity contribution in [2.24, 2.45) is 5.92 Å². The topological polar surface area (TPSA) is 77.8 Å². The van der Waals surface area contributed by atoms with E-state index in [0.717, 1.165) is 16.0 Å². The quantitative estimate of drug-likeness (QED) is 0.452. The summed E-state index contributed by atoms with van der Waals surface area (Å²) in [5.74, 6) is 0.0854. The Labute approximate surface area is 197 Å². The van der Waals surface area contributed by atoms with Crippen LogP contribution in [0.25, 0.3) is 0 Å². The van der Waals surface area contributed by atoms with E-state index in [-0.39, 0.29) is 18.0 Å². The molecule has 0 aromatic heterocycles. The van der Waals surface area contributed by atoms with E-state index in [9.17, 15) is 23.5 Å². The molecule has 3 atom stereocenters. The predicted molar refractivity (Wildman–Crippen MR) is 124 cm³/mol. The fourth-order valence-electron chi connectivity index (χ4n) is 3.71. The molecule has 1 heterocycles. The normalized spacial score (nSPS) is 19.0. The number of likely N-dealkylation sites (tertiary alicyclic amines) is 1. The zero-order chi connectivity index (χ0) is 24.7. The van der Waals surface area contributed by atoms with Crippen LogP contribution in [0.1, 0.15) is 41.3 Å². The van der Waals surface area contributed by atoms with Crippen LogP contribution < -0.4 is 0 Å². The molecule has 2 aromatic carbocycles. The highest BCUT2D eigenvalue weighted by atomic mass is 19.3. The van der Waals surface area contributed by atoms with Crippen molar-refractivity contribution in [3.63, 3.8) is 0 Å². The molecule has 1 aliphatic heterocycles. The van der Waals surface area contributed by atoms with Crippen LogP contribution >= 0.6 is 0 Å². The van der Waals surface area contributed by atoms with E-state index in [4.69, 9.17) is 5.11 Å². The first kappa shape index (κ1) is 25.1. The number of aromatic carboxylic acids is 1. The smallest absolute Gasteiger partial charge is 0.335 e. The Balaban J connectivity index is 1.60. The van der Waals surface area contributed by atoms with Crippen molar-refractivity contribution < 1.29 is 28.6 Å². The Bertz CT molecular complexity index is 1090. The van der Waals surface area contributed by atoms with Crippen molar-refractivity contribution in [2.75, 3.05) is 6.54 Å². The lowest BCUT2D eigenvalue weighted by molar-refractivity contribution is -0.148. The summed E-state index contributed by atoms with van der Waals surface area (Å²) in [6.45, 7) is 1.88. The number of amides is 1. The van der Waals surface area contributed by atoms with E-state index in [2.05, 4.69) is 11.8 Å². The van der Waals surface area contributed by atoms with Gasteiger partial charge in [-0.15, -0.1) is 0 Å². The van der Waals surface area contributed by atoms with Crippen LogP contribution in [0.15, 0.2) is 66.7 Å². The van der Waals surface area contributed by atoms with Gasteiger partial charge >= 0.3 is 11.9 Å². The van der Waals surface area contributed by atoms with Gasteiger partial charge in [0, 0.05) is 24.9 Å². The number of rotatable bonds is 8. The molecule has 3 rings (SSSR count). The molecule has 0 radical (unpaired) electrons. The van der Waals surface area contributed by atoms with E-state index in [1.807, 2.05) is 37.3 Å². The van der Waals surface area contributed by atoms with Crippen LogP contribution in [0.5, 0.6) is 0 Å². The summed E-state index contributed by atoms with van der Waals surface area (Å²) < 4.78 is 28.3. The number of carbonyl (C=O) groups is 2. The third-order valence-corrected chi connectivity index (χ3v) is 5.83. The monoisotopic (exact) mass is 467 g/mol. The lowest BCUT2D eigenvalue weighted by Gasteiger charge is -2.22. The number of benzene rings is 2. The summed E-state index contributed by atoms with van der Waals surface area (Å²) in [5, 5.41) is 19.4. The van der Waals surface area contributed by atoms with Gasteiger partial charge in [0.1, 0.15) is 0 Å². The molecular weight excluding hydrogens is 440 g/mol. The minimum atomic E-state index is -3.46. The summed E-state index contributed by atoms with van der Waals surface area (Å²) in [7, 11) is 0. The highest BCUT2D eigenvalue weighted by Gasteiger charge is 2.52. The Morgan fingerprint density at radius 1 is 1.21 bits per heavy atom. The molecule has 34 heavy (non-hydrogen) atoms. The number of carboxylic acids is 1. The molecule has 178 valence electrons. The van der Waals surface area contributed by atoms with Gasteiger partial charge in [-0.05, 0) is 42.2 Å². The fraction of sp³-hybridized carbons (Fsp3) is 0.333. The number of halogens is 2. The molecule has 0 spiro atoms. The third kappa shape index (κ3) is 6.52. The second kappa shape index (κ2) is 11.1. The molecule has 0 saturated carbocycles. The van der Waals surface area contributed by atoms with Crippen molar-refractivity contribution >= 4 is 11.9 Å². The van der Waals surface area contributed by atoms with Gasteiger partial charge in [-0.3, -0.25) is 4.79 Å². The molecule has 0 aliphatic carbocycles. The minimum absolute atomic E-state index is 0.0596. The molecule has 7 heteroatoms. The van der Waals surface area contributed by atoms with Crippen LogP contribution in [0.4, 0.5) is 8.78 Å². The molecule has 2 N–H and O–H groups in total. The molecule has 1 unspecified atom stereocenters. The predicted octanol–water partition coefficient (Wildman–Crippen LogP) is 4.16. The van der Waals surface area contributed by atoms with Crippen LogP contribution in [0.3, 0.4) is 0 Å². The van der Waals surface area contributed by atoms with Crippen molar-refractivity contribution in [3.05, 3.63) is 83.4 Å². The largest absolute Gasteiger partial charge is 0.478 e. The summed E-state index contributed by atoms with van der Waals surface area (Å²) in [5.41, 5.74) is 1.74. The Hall–Kier alpha value is -3.50. The fourth-order valence-corrected chi connectivity index (χ4v) is 3.71. The van der Waals surface area contributed by atoms with E-state index in [1.165, 1.54) is 24.3 Å². The number of nitrogens with zero attached hydrogens (tertiary/aromatic N) is 1. The molecule has 1 amide bonds. The SMILES string of the molecule is C[C@@H](CC#Cc1ccccc1)[C@H](O)/C=C/C1CC(F)(F)C(=O)N1CCc1ccc(C(=O)O)cc1. The van der Waals surface area contributed by atoms with E-state index in [1.54, 1.807) is 12.1 Å². The Morgan fingerprint density at radius 3 is 2.53 bits per heavy atom. The first-order chi connectivity index (χ1) is 16.2. The van der Waals surface area contributed by atoms with Crippen molar-refractivity contribution in [1.29, 1.82) is 0 Å². The molecule has 2 aromatic rings. The van der Waals surface area contributed by atoms with Gasteiger partial charge in [0.05, 0.1) is 17.7 Å². The Kier molecular flexibility index (Phi) is 8.19. The molecular formula is C27H27F2NO4. The first-order valence-electron chi connectivity index (χ1n) is 11.1. The zero-order valence-electron chi connectivity index (χ0n) is 18.8. The first-order valence-corrected chi connectivity index (χ1v) is 11.1. The number of aliphatic hydroxyl groups is 1. The molecule has 1 saturated heterocycles. The van der Waals surface area contributed by atoms with Crippen LogP contribution in [0, 0.1) is 17.8 Å². The van der Waals surface area contributed by atoms with Crippen LogP contribution in [0.2, 0.25) is 0 Å². The van der Waals surface area contributed by atoms with Crippen molar-refractivity contribution in [3.8, 4) is 11.8 Å². The molecule has 1 aliphatic rings. The summed E-state index contributed by atoms with van der Waals surface area (Å²) >= 11 is 0. The van der Waals surface area contributed by atoms with E-state index in [0.29, 0.717) is 12.8 Å². The highest BCUT2D eigenvalue weighted by Crippen LogP contribution is 2.34. The maximum atomic E-state index is 14.1. The van der Waals surface area contributed by atoms with Gasteiger partial charge in [0.2, 0.25) is 0 Å². The lowest BCUT2D eigenvalue weighted by Crippen LogP contribution is -2.37. The maximum absolute atomic E-state index is 14.1. The summed E-state index contributed by atoms with van der Waals surface area (Å²) in [6.07, 6.45) is 2.13. The zero-order valence-corrected chi connectivity index (χ0v) is 18.8. The molecule has 5 nitrogen and oxygen atoms in total. The van der Waals surface area contributed by atoms with Crippen molar-refractivity contribution in [2.45, 2.75) is 44.3 Å². The van der Waals surface area contributed by atoms with Gasteiger partial charge in [0.25, 0.3) is 5.91 Å². The van der Waals surface area contributed by atoms with Crippen molar-refractivity contribution in [1.82, 2.24) is 4.90 Å². The molecule has 0 bridgehead atoms. The number of aliphatic hydroxyl groups excluding tert-OH is 1. The van der Waals surface area contributed by atoms with Gasteiger partial charge in [-0.2, -0.15) is 8.78 Å². The summed E-state index contributed by atoms with van der Waals surface area (Å²) in [6, 6.07) is 14.7. The van der Waals surface area contributed by atoms with Gasteiger partial charge in [-0.1, -0.05) is 61.2 Å². The third-order valence-electron chi connectivity index (χ3n) is 5.83. The summed E-state index contributed by atoms with van der Waals surface area (Å²) in [4.78, 5) is 24.3. The average molecular weight is 468 g/mol. The molecule has 1 fully saturated rings. The maximum Gasteiger partial charge on any atom is 0.335 e. The van der Waals surface area contributed by atoms with E-state index >= 15 is 0 Å². The standard InChI is InChI=1S/C27H27F2NO4/c1-19(6-5-9-20-7-3-2-4-8-20)24(31)15-14-23-18-27(28,29)26(34)30(23)17-16-21-10-12-22(13-11-21)25(32)33/h2-4,7-8,10-15,19,23-24,31H,6,16-18H2,1H3,(H,32,33)/b15-14+/t19-,23?,24+/m0/s1. The Morgan fingerprint density at radius 2 is 1.88 bits per heavy atom. The number of hydrogen-bond acceptors (Lipinski definition) is 3. The van der Waals surface area contributed by atoms with Gasteiger partial charge < -0.3 is 15.1 Å². The lowest BCUT2D eigenvalue weighted by atomic mass is 9.99.